The van der Waals surface area contributed by atoms with Gasteiger partial charge in [-0.2, -0.15) is 0 Å². The second-order valence-corrected chi connectivity index (χ2v) is 12.5. The van der Waals surface area contributed by atoms with Gasteiger partial charge in [0, 0.05) is 33.2 Å². The van der Waals surface area contributed by atoms with Gasteiger partial charge in [-0.25, -0.2) is 26.1 Å². The summed E-state index contributed by atoms with van der Waals surface area (Å²) in [6.45, 7) is 2.36. The van der Waals surface area contributed by atoms with E-state index >= 15 is 0 Å². The molecule has 2 fully saturated rings. The summed E-state index contributed by atoms with van der Waals surface area (Å²) in [5.74, 6) is 1.03. The number of hydrogen-bond acceptors (Lipinski definition) is 6. The maximum atomic E-state index is 12.1. The number of guanidine groups is 1. The van der Waals surface area contributed by atoms with Crippen LogP contribution in [0.15, 0.2) is 23.2 Å². The molecule has 0 unspecified atom stereocenters. The number of nitrogens with zero attached hydrogens (tertiary/aromatic N) is 4. The van der Waals surface area contributed by atoms with Crippen LogP contribution in [0, 0.1) is 0 Å². The summed E-state index contributed by atoms with van der Waals surface area (Å²) in [4.78, 5) is 8.85. The molecule has 9 nitrogen and oxygen atoms in total. The first-order chi connectivity index (χ1) is 14.1. The molecule has 0 radical (unpaired) electrons. The number of hydrogen-bond donors (Lipinski definition) is 1. The van der Waals surface area contributed by atoms with Crippen molar-refractivity contribution in [2.75, 3.05) is 54.8 Å². The van der Waals surface area contributed by atoms with Crippen molar-refractivity contribution in [2.24, 2.45) is 4.99 Å². The molecule has 3 aliphatic rings. The van der Waals surface area contributed by atoms with Gasteiger partial charge in [0.05, 0.1) is 29.4 Å². The molecule has 166 valence electrons. The molecule has 3 heterocycles. The summed E-state index contributed by atoms with van der Waals surface area (Å²) >= 11 is 0. The van der Waals surface area contributed by atoms with Gasteiger partial charge < -0.3 is 15.1 Å². The molecule has 1 N–H and O–H groups in total. The second kappa shape index (κ2) is 8.01. The second-order valence-electron chi connectivity index (χ2n) is 8.33. The van der Waals surface area contributed by atoms with E-state index in [1.807, 2.05) is 35.0 Å². The average molecular weight is 456 g/mol. The van der Waals surface area contributed by atoms with Crippen LogP contribution < -0.4 is 10.2 Å². The van der Waals surface area contributed by atoms with E-state index in [2.05, 4.69) is 5.32 Å². The van der Waals surface area contributed by atoms with Crippen LogP contribution in [0.5, 0.6) is 0 Å². The van der Waals surface area contributed by atoms with E-state index in [0.29, 0.717) is 45.4 Å². The number of sulfonamides is 1. The summed E-state index contributed by atoms with van der Waals surface area (Å²) in [7, 11) is -4.25. The van der Waals surface area contributed by atoms with Crippen molar-refractivity contribution in [3.8, 4) is 0 Å². The number of para-hydroxylation sites is 1. The van der Waals surface area contributed by atoms with Gasteiger partial charge >= 0.3 is 0 Å². The molecule has 11 heteroatoms. The van der Waals surface area contributed by atoms with Crippen molar-refractivity contribution in [1.29, 1.82) is 0 Å². The molecule has 0 spiro atoms. The highest BCUT2D eigenvalue weighted by Crippen LogP contribution is 2.35. The zero-order valence-corrected chi connectivity index (χ0v) is 19.0. The van der Waals surface area contributed by atoms with E-state index in [0.717, 1.165) is 22.9 Å². The van der Waals surface area contributed by atoms with Gasteiger partial charge in [0.1, 0.15) is 5.88 Å². The van der Waals surface area contributed by atoms with Crippen LogP contribution in [-0.4, -0.2) is 82.6 Å². The fourth-order valence-corrected chi connectivity index (χ4v) is 6.62. The molecule has 0 aromatic heterocycles. The van der Waals surface area contributed by atoms with Gasteiger partial charge in [-0.05, 0) is 30.9 Å². The number of aliphatic imine (C=N–C) groups is 1. The van der Waals surface area contributed by atoms with Crippen molar-refractivity contribution < 1.29 is 16.8 Å². The molecule has 1 aromatic carbocycles. The molecule has 0 aliphatic carbocycles. The van der Waals surface area contributed by atoms with E-state index < -0.39 is 19.9 Å². The Kier molecular flexibility index (Phi) is 5.71. The summed E-state index contributed by atoms with van der Waals surface area (Å²) < 4.78 is 49.2. The number of benzene rings is 1. The highest BCUT2D eigenvalue weighted by molar-refractivity contribution is 7.91. The lowest BCUT2D eigenvalue weighted by Crippen LogP contribution is -2.43. The maximum absolute atomic E-state index is 12.1. The Bertz CT molecular complexity index is 1050. The lowest BCUT2D eigenvalue weighted by Gasteiger charge is -2.36. The SMILES string of the molecule is CN1Cc2cccc(N3CCCS(=O)(=O)C3)c2NC1=NC1CCN(S(C)(=O)=O)CC1. The Morgan fingerprint density at radius 2 is 1.90 bits per heavy atom. The number of rotatable bonds is 3. The minimum absolute atomic E-state index is 0.0391. The van der Waals surface area contributed by atoms with E-state index in [9.17, 15) is 16.8 Å². The third kappa shape index (κ3) is 4.57. The molecule has 4 rings (SSSR count). The Labute approximate surface area is 178 Å². The van der Waals surface area contributed by atoms with Crippen LogP contribution in [0.1, 0.15) is 24.8 Å². The topological polar surface area (TPSA) is 102 Å². The van der Waals surface area contributed by atoms with Gasteiger partial charge in [-0.15, -0.1) is 0 Å². The van der Waals surface area contributed by atoms with Crippen molar-refractivity contribution in [3.05, 3.63) is 23.8 Å². The van der Waals surface area contributed by atoms with Crippen LogP contribution in [0.2, 0.25) is 0 Å². The van der Waals surface area contributed by atoms with E-state index in [1.54, 1.807) is 0 Å². The van der Waals surface area contributed by atoms with Gasteiger partial charge in [-0.3, -0.25) is 0 Å². The van der Waals surface area contributed by atoms with Crippen LogP contribution >= 0.6 is 0 Å². The summed E-state index contributed by atoms with van der Waals surface area (Å²) in [6, 6.07) is 6.02. The molecular weight excluding hydrogens is 426 g/mol. The van der Waals surface area contributed by atoms with Crippen LogP contribution in [0.4, 0.5) is 11.4 Å². The van der Waals surface area contributed by atoms with E-state index in [1.165, 1.54) is 10.6 Å². The quantitative estimate of drug-likeness (QED) is 0.723. The molecule has 0 saturated carbocycles. The standard InChI is InChI=1S/C19H29N5O4S2/c1-22-13-15-5-3-6-17(23-9-4-12-30(27,28)14-23)18(15)21-19(22)20-16-7-10-24(11-8-16)29(2,25)26/h3,5-6,16H,4,7-14H2,1-2H3,(H,20,21). The first-order valence-electron chi connectivity index (χ1n) is 10.2. The lowest BCUT2D eigenvalue weighted by molar-refractivity contribution is 0.320. The van der Waals surface area contributed by atoms with Crippen molar-refractivity contribution in [3.63, 3.8) is 0 Å². The predicted octanol–water partition coefficient (Wildman–Crippen LogP) is 0.906. The largest absolute Gasteiger partial charge is 0.356 e. The van der Waals surface area contributed by atoms with Crippen molar-refractivity contribution >= 4 is 37.2 Å². The first-order valence-corrected chi connectivity index (χ1v) is 13.9. The third-order valence-electron chi connectivity index (χ3n) is 5.91. The molecular formula is C19H29N5O4S2. The fraction of sp³-hybridized carbons (Fsp3) is 0.632. The average Bonchev–Trinajstić information content (AvgIpc) is 2.67. The van der Waals surface area contributed by atoms with Gasteiger partial charge in [0.15, 0.2) is 15.8 Å². The Balaban J connectivity index is 1.55. The van der Waals surface area contributed by atoms with Crippen LogP contribution in [-0.2, 0) is 26.4 Å². The molecule has 0 bridgehead atoms. The molecule has 2 saturated heterocycles. The smallest absolute Gasteiger partial charge is 0.211 e. The third-order valence-corrected chi connectivity index (χ3v) is 8.83. The minimum Gasteiger partial charge on any atom is -0.356 e. The highest BCUT2D eigenvalue weighted by Gasteiger charge is 2.29. The lowest BCUT2D eigenvalue weighted by atomic mass is 10.1. The van der Waals surface area contributed by atoms with E-state index in [-0.39, 0.29) is 17.7 Å². The number of fused-ring (bicyclic) bond motifs is 1. The summed E-state index contributed by atoms with van der Waals surface area (Å²) in [5, 5.41) is 3.44. The van der Waals surface area contributed by atoms with Crippen LogP contribution in [0.3, 0.4) is 0 Å². The number of nitrogens with one attached hydrogen (secondary N) is 1. The maximum Gasteiger partial charge on any atom is 0.211 e. The summed E-state index contributed by atoms with van der Waals surface area (Å²) in [6.07, 6.45) is 3.25. The minimum atomic E-state index is -3.16. The fourth-order valence-electron chi connectivity index (χ4n) is 4.30. The Hall–Kier alpha value is -1.85. The van der Waals surface area contributed by atoms with Crippen LogP contribution in [0.25, 0.3) is 0 Å². The molecule has 30 heavy (non-hydrogen) atoms. The molecule has 3 aliphatic heterocycles. The highest BCUT2D eigenvalue weighted by atomic mass is 32.2. The van der Waals surface area contributed by atoms with Gasteiger partial charge in [-0.1, -0.05) is 12.1 Å². The van der Waals surface area contributed by atoms with Crippen molar-refractivity contribution in [1.82, 2.24) is 9.21 Å². The first kappa shape index (κ1) is 21.4. The zero-order valence-electron chi connectivity index (χ0n) is 17.4. The number of anilines is 2. The van der Waals surface area contributed by atoms with Gasteiger partial charge in [0.2, 0.25) is 10.0 Å². The molecule has 1 aromatic rings. The molecule has 0 amide bonds. The normalized spacial score (nSPS) is 24.5. The predicted molar refractivity (Wildman–Crippen MR) is 119 cm³/mol. The summed E-state index contributed by atoms with van der Waals surface area (Å²) in [5.41, 5.74) is 2.91. The van der Waals surface area contributed by atoms with E-state index in [4.69, 9.17) is 4.99 Å². The van der Waals surface area contributed by atoms with Gasteiger partial charge in [0.25, 0.3) is 0 Å². The Morgan fingerprint density at radius 1 is 1.17 bits per heavy atom. The van der Waals surface area contributed by atoms with Crippen molar-refractivity contribution in [2.45, 2.75) is 31.8 Å². The number of piperidine rings is 1. The molecule has 0 atom stereocenters. The zero-order chi connectivity index (χ0) is 21.5. The number of sulfone groups is 1. The monoisotopic (exact) mass is 455 g/mol. The Morgan fingerprint density at radius 3 is 2.57 bits per heavy atom.